The van der Waals surface area contributed by atoms with E-state index in [-0.39, 0.29) is 17.9 Å². The van der Waals surface area contributed by atoms with Gasteiger partial charge in [0.25, 0.3) is 5.91 Å². The molecule has 0 fully saturated rings. The van der Waals surface area contributed by atoms with Gasteiger partial charge in [-0.2, -0.15) is 5.10 Å². The molecule has 6 heteroatoms. The Hall–Kier alpha value is -2.50. The summed E-state index contributed by atoms with van der Waals surface area (Å²) in [5, 5.41) is 7.53. The van der Waals surface area contributed by atoms with Crippen LogP contribution in [0.4, 0.5) is 0 Å². The van der Waals surface area contributed by atoms with Crippen molar-refractivity contribution < 1.29 is 14.3 Å². The average molecular weight is 345 g/mol. The topological polar surface area (TPSA) is 65.4 Å². The van der Waals surface area contributed by atoms with Gasteiger partial charge < -0.3 is 14.8 Å². The van der Waals surface area contributed by atoms with Crippen molar-refractivity contribution in [3.63, 3.8) is 0 Å². The number of hydrogen-bond donors (Lipinski definition) is 1. The molecule has 1 unspecified atom stereocenters. The van der Waals surface area contributed by atoms with Gasteiger partial charge in [-0.3, -0.25) is 9.48 Å². The SMILES string of the molecule is CCn1nc(C(C)C)cc1C(=O)NC(C)c1ccc(OC)c(OC)c1. The summed E-state index contributed by atoms with van der Waals surface area (Å²) in [5.41, 5.74) is 2.45. The van der Waals surface area contributed by atoms with Crippen LogP contribution in [0.15, 0.2) is 24.3 Å². The maximum Gasteiger partial charge on any atom is 0.270 e. The first-order valence-electron chi connectivity index (χ1n) is 8.51. The lowest BCUT2D eigenvalue weighted by Crippen LogP contribution is -2.28. The van der Waals surface area contributed by atoms with Crippen LogP contribution in [0.5, 0.6) is 11.5 Å². The second-order valence-electron chi connectivity index (χ2n) is 6.23. The predicted octanol–water partition coefficient (Wildman–Crippen LogP) is 3.53. The minimum atomic E-state index is -0.171. The second kappa shape index (κ2) is 8.05. The molecule has 1 heterocycles. The zero-order valence-corrected chi connectivity index (χ0v) is 15.8. The van der Waals surface area contributed by atoms with Gasteiger partial charge in [-0.25, -0.2) is 0 Å². The van der Waals surface area contributed by atoms with E-state index in [2.05, 4.69) is 24.3 Å². The van der Waals surface area contributed by atoms with Crippen LogP contribution in [0.25, 0.3) is 0 Å². The molecular formula is C19H27N3O3. The normalized spacial score (nSPS) is 12.1. The summed E-state index contributed by atoms with van der Waals surface area (Å²) in [7, 11) is 3.19. The molecule has 0 spiro atoms. The molecule has 0 aliphatic rings. The molecule has 0 aliphatic heterocycles. The lowest BCUT2D eigenvalue weighted by molar-refractivity contribution is 0.0929. The summed E-state index contributed by atoms with van der Waals surface area (Å²) < 4.78 is 12.3. The molecule has 6 nitrogen and oxygen atoms in total. The third kappa shape index (κ3) is 4.13. The summed E-state index contributed by atoms with van der Waals surface area (Å²) in [4.78, 5) is 12.7. The number of methoxy groups -OCH3 is 2. The first-order valence-corrected chi connectivity index (χ1v) is 8.51. The van der Waals surface area contributed by atoms with Crippen molar-refractivity contribution in [2.75, 3.05) is 14.2 Å². The third-order valence-electron chi connectivity index (χ3n) is 4.18. The van der Waals surface area contributed by atoms with Crippen LogP contribution in [0.2, 0.25) is 0 Å². The molecule has 1 N–H and O–H groups in total. The molecule has 1 amide bonds. The fourth-order valence-electron chi connectivity index (χ4n) is 2.62. The molecule has 0 saturated heterocycles. The average Bonchev–Trinajstić information content (AvgIpc) is 3.05. The number of nitrogens with zero attached hydrogens (tertiary/aromatic N) is 2. The highest BCUT2D eigenvalue weighted by Gasteiger charge is 2.19. The van der Waals surface area contributed by atoms with Crippen LogP contribution >= 0.6 is 0 Å². The number of aromatic nitrogens is 2. The van der Waals surface area contributed by atoms with Crippen LogP contribution in [-0.2, 0) is 6.54 Å². The highest BCUT2D eigenvalue weighted by Crippen LogP contribution is 2.30. The van der Waals surface area contributed by atoms with E-state index in [0.29, 0.717) is 23.7 Å². The number of benzene rings is 1. The summed E-state index contributed by atoms with van der Waals surface area (Å²) in [5.74, 6) is 1.45. The largest absolute Gasteiger partial charge is 0.493 e. The van der Waals surface area contributed by atoms with E-state index in [1.54, 1.807) is 18.9 Å². The Morgan fingerprint density at radius 2 is 1.84 bits per heavy atom. The van der Waals surface area contributed by atoms with Crippen molar-refractivity contribution in [3.8, 4) is 11.5 Å². The molecule has 1 atom stereocenters. The molecular weight excluding hydrogens is 318 g/mol. The zero-order valence-electron chi connectivity index (χ0n) is 15.8. The van der Waals surface area contributed by atoms with E-state index in [1.807, 2.05) is 38.1 Å². The summed E-state index contributed by atoms with van der Waals surface area (Å²) >= 11 is 0. The van der Waals surface area contributed by atoms with Crippen LogP contribution in [0.1, 0.15) is 61.4 Å². The number of rotatable bonds is 7. The molecule has 1 aromatic carbocycles. The van der Waals surface area contributed by atoms with Crippen LogP contribution in [0, 0.1) is 0 Å². The number of hydrogen-bond acceptors (Lipinski definition) is 4. The Morgan fingerprint density at radius 1 is 1.16 bits per heavy atom. The first kappa shape index (κ1) is 18.8. The Labute approximate surface area is 149 Å². The smallest absolute Gasteiger partial charge is 0.270 e. The lowest BCUT2D eigenvalue weighted by atomic mass is 10.1. The zero-order chi connectivity index (χ0) is 18.6. The van der Waals surface area contributed by atoms with Crippen molar-refractivity contribution >= 4 is 5.91 Å². The number of aryl methyl sites for hydroxylation is 1. The van der Waals surface area contributed by atoms with Gasteiger partial charge in [-0.05, 0) is 43.5 Å². The van der Waals surface area contributed by atoms with E-state index in [9.17, 15) is 4.79 Å². The fraction of sp³-hybridized carbons (Fsp3) is 0.474. The maximum atomic E-state index is 12.7. The standard InChI is InChI=1S/C19H27N3O3/c1-7-22-16(11-15(21-22)12(2)3)19(23)20-13(4)14-8-9-17(24-5)18(10-14)25-6/h8-13H,7H2,1-6H3,(H,20,23). The van der Waals surface area contributed by atoms with Crippen molar-refractivity contribution in [3.05, 3.63) is 41.2 Å². The van der Waals surface area contributed by atoms with E-state index in [0.717, 1.165) is 11.3 Å². The number of nitrogens with one attached hydrogen (secondary N) is 1. The molecule has 0 radical (unpaired) electrons. The molecule has 136 valence electrons. The highest BCUT2D eigenvalue weighted by atomic mass is 16.5. The minimum Gasteiger partial charge on any atom is -0.493 e. The van der Waals surface area contributed by atoms with Gasteiger partial charge in [0.15, 0.2) is 11.5 Å². The van der Waals surface area contributed by atoms with Gasteiger partial charge in [0, 0.05) is 6.54 Å². The maximum absolute atomic E-state index is 12.7. The Balaban J connectivity index is 2.20. The van der Waals surface area contributed by atoms with E-state index < -0.39 is 0 Å². The molecule has 0 aliphatic carbocycles. The van der Waals surface area contributed by atoms with E-state index in [1.165, 1.54) is 0 Å². The van der Waals surface area contributed by atoms with Crippen molar-refractivity contribution in [2.24, 2.45) is 0 Å². The van der Waals surface area contributed by atoms with Gasteiger partial charge in [0.1, 0.15) is 5.69 Å². The van der Waals surface area contributed by atoms with Gasteiger partial charge >= 0.3 is 0 Å². The van der Waals surface area contributed by atoms with Gasteiger partial charge in [-0.15, -0.1) is 0 Å². The van der Waals surface area contributed by atoms with E-state index >= 15 is 0 Å². The Bertz CT molecular complexity index is 738. The molecule has 0 saturated carbocycles. The number of carbonyl (C=O) groups excluding carboxylic acids is 1. The summed E-state index contributed by atoms with van der Waals surface area (Å²) in [6.07, 6.45) is 0. The molecule has 2 aromatic rings. The van der Waals surface area contributed by atoms with Crippen LogP contribution < -0.4 is 14.8 Å². The Morgan fingerprint density at radius 3 is 2.40 bits per heavy atom. The van der Waals surface area contributed by atoms with Crippen molar-refractivity contribution in [1.82, 2.24) is 15.1 Å². The van der Waals surface area contributed by atoms with Gasteiger partial charge in [0.2, 0.25) is 0 Å². The van der Waals surface area contributed by atoms with Crippen LogP contribution in [-0.4, -0.2) is 29.9 Å². The van der Waals surface area contributed by atoms with Crippen molar-refractivity contribution in [1.29, 1.82) is 0 Å². The van der Waals surface area contributed by atoms with E-state index in [4.69, 9.17) is 9.47 Å². The Kier molecular flexibility index (Phi) is 6.07. The predicted molar refractivity (Wildman–Crippen MR) is 97.4 cm³/mol. The number of carbonyl (C=O) groups is 1. The second-order valence-corrected chi connectivity index (χ2v) is 6.23. The van der Waals surface area contributed by atoms with Crippen molar-refractivity contribution in [2.45, 2.75) is 46.2 Å². The lowest BCUT2D eigenvalue weighted by Gasteiger charge is -2.16. The third-order valence-corrected chi connectivity index (χ3v) is 4.18. The first-order chi connectivity index (χ1) is 11.9. The van der Waals surface area contributed by atoms with Gasteiger partial charge in [-0.1, -0.05) is 19.9 Å². The molecule has 1 aromatic heterocycles. The summed E-state index contributed by atoms with van der Waals surface area (Å²) in [6, 6.07) is 7.33. The monoisotopic (exact) mass is 345 g/mol. The fourth-order valence-corrected chi connectivity index (χ4v) is 2.62. The minimum absolute atomic E-state index is 0.136. The number of amides is 1. The molecule has 25 heavy (non-hydrogen) atoms. The number of ether oxygens (including phenoxy) is 2. The molecule has 2 rings (SSSR count). The quantitative estimate of drug-likeness (QED) is 0.834. The molecule has 0 bridgehead atoms. The highest BCUT2D eigenvalue weighted by molar-refractivity contribution is 5.93. The van der Waals surface area contributed by atoms with Crippen LogP contribution in [0.3, 0.4) is 0 Å². The summed E-state index contributed by atoms with van der Waals surface area (Å²) in [6.45, 7) is 8.70. The van der Waals surface area contributed by atoms with Gasteiger partial charge in [0.05, 0.1) is 26.0 Å².